The Morgan fingerprint density at radius 3 is 1.38 bits per heavy atom. The van der Waals surface area contributed by atoms with Crippen molar-refractivity contribution in [1.29, 1.82) is 0 Å². The van der Waals surface area contributed by atoms with Gasteiger partial charge in [-0.1, -0.05) is 0 Å². The molecule has 0 aromatic rings. The average Bonchev–Trinajstić information content (AvgIpc) is 3.08. The molecule has 0 aromatic carbocycles. The highest BCUT2D eigenvalue weighted by atomic mass is 16.2. The first-order valence-corrected chi connectivity index (χ1v) is 14.0. The molecular weight excluding hydrogens is 544 g/mol. The van der Waals surface area contributed by atoms with Crippen molar-refractivity contribution < 1.29 is 24.0 Å². The fourth-order valence-electron chi connectivity index (χ4n) is 3.81. The SMILES string of the molecule is CC1=NN(C)C(=O)C1.CCN1N=C(C)CC1=O.CCN1N=CCC1=O.CN1N=C(C2CC2)CC1=O.CN1N=CCC1=O. The van der Waals surface area contributed by atoms with E-state index in [2.05, 4.69) is 25.5 Å². The molecular formula is C27H42N10O5. The first kappa shape index (κ1) is 33.9. The maximum Gasteiger partial charge on any atom is 0.248 e. The normalized spacial score (nSPS) is 20.4. The number of rotatable bonds is 3. The first-order chi connectivity index (χ1) is 19.9. The molecule has 0 atom stereocenters. The van der Waals surface area contributed by atoms with Gasteiger partial charge in [-0.15, -0.1) is 0 Å². The first-order valence-electron chi connectivity index (χ1n) is 14.0. The van der Waals surface area contributed by atoms with Crippen LogP contribution in [0.4, 0.5) is 0 Å². The van der Waals surface area contributed by atoms with E-state index in [1.54, 1.807) is 33.6 Å². The summed E-state index contributed by atoms with van der Waals surface area (Å²) < 4.78 is 0. The molecule has 0 aromatic heterocycles. The van der Waals surface area contributed by atoms with Gasteiger partial charge in [0.2, 0.25) is 29.5 Å². The number of amides is 5. The fourth-order valence-corrected chi connectivity index (χ4v) is 3.81. The topological polar surface area (TPSA) is 163 Å². The summed E-state index contributed by atoms with van der Waals surface area (Å²) >= 11 is 0. The molecule has 42 heavy (non-hydrogen) atoms. The Morgan fingerprint density at radius 1 is 0.619 bits per heavy atom. The Morgan fingerprint density at radius 2 is 1.14 bits per heavy atom. The van der Waals surface area contributed by atoms with Gasteiger partial charge < -0.3 is 0 Å². The molecule has 5 amide bonds. The number of hydrazone groups is 5. The molecule has 0 N–H and O–H groups in total. The highest BCUT2D eigenvalue weighted by Gasteiger charge is 2.33. The Hall–Kier alpha value is -4.30. The van der Waals surface area contributed by atoms with Crippen molar-refractivity contribution in [2.24, 2.45) is 31.4 Å². The smallest absolute Gasteiger partial charge is 0.248 e. The molecule has 0 saturated heterocycles. The number of carbonyl (C=O) groups excluding carboxylic acids is 5. The molecule has 15 nitrogen and oxygen atoms in total. The van der Waals surface area contributed by atoms with Crippen molar-refractivity contribution in [3.63, 3.8) is 0 Å². The predicted octanol–water partition coefficient (Wildman–Crippen LogP) is 1.51. The van der Waals surface area contributed by atoms with E-state index in [4.69, 9.17) is 0 Å². The van der Waals surface area contributed by atoms with Crippen LogP contribution in [0.1, 0.15) is 72.6 Å². The number of hydrogen-bond acceptors (Lipinski definition) is 10. The molecule has 6 rings (SSSR count). The minimum atomic E-state index is 0.0694. The molecule has 5 heterocycles. The lowest BCUT2D eigenvalue weighted by Crippen LogP contribution is -2.19. The summed E-state index contributed by atoms with van der Waals surface area (Å²) in [6.07, 6.45) is 8.23. The third-order valence-corrected chi connectivity index (χ3v) is 6.35. The van der Waals surface area contributed by atoms with E-state index in [1.807, 2.05) is 27.7 Å². The Kier molecular flexibility index (Phi) is 13.1. The van der Waals surface area contributed by atoms with Gasteiger partial charge in [-0.25, -0.2) is 25.0 Å². The summed E-state index contributed by atoms with van der Waals surface area (Å²) in [7, 11) is 5.03. The Labute approximate surface area is 246 Å². The van der Waals surface area contributed by atoms with Crippen LogP contribution in [-0.2, 0) is 24.0 Å². The van der Waals surface area contributed by atoms with E-state index in [1.165, 1.54) is 37.9 Å². The molecule has 5 aliphatic heterocycles. The highest BCUT2D eigenvalue weighted by molar-refractivity contribution is 6.07. The van der Waals surface area contributed by atoms with Crippen LogP contribution in [0.3, 0.4) is 0 Å². The maximum atomic E-state index is 10.9. The molecule has 230 valence electrons. The molecule has 0 unspecified atom stereocenters. The number of hydrogen-bond donors (Lipinski definition) is 0. The zero-order valence-electron chi connectivity index (χ0n) is 25.6. The van der Waals surface area contributed by atoms with Crippen molar-refractivity contribution in [2.75, 3.05) is 34.2 Å². The van der Waals surface area contributed by atoms with Gasteiger partial charge in [0.05, 0.1) is 37.8 Å². The lowest BCUT2D eigenvalue weighted by molar-refractivity contribution is -0.129. The standard InChI is InChI=1S/C7H10N2O.C6H10N2O.2C5H8N2O.C4H6N2O/c1-9-7(10)4-6(8-9)5-2-3-5;1-3-8-6(9)4-5(2)7-8;1-4-3-5(8)7(2)6-4;1-2-7-5(8)3-4-6-7;1-6-4(7)2-3-5-6/h5H,2-4H2,1H3;3-4H2,1-2H3;3H2,1-2H3;4H,2-3H2,1H3;3H,2H2,1H3. The van der Waals surface area contributed by atoms with E-state index < -0.39 is 0 Å². The second kappa shape index (κ2) is 16.2. The summed E-state index contributed by atoms with van der Waals surface area (Å²) in [6.45, 7) is 8.92. The van der Waals surface area contributed by atoms with Gasteiger partial charge in [-0.05, 0) is 46.5 Å². The lowest BCUT2D eigenvalue weighted by Gasteiger charge is -2.05. The quantitative estimate of drug-likeness (QED) is 0.489. The molecule has 0 bridgehead atoms. The zero-order chi connectivity index (χ0) is 31.4. The van der Waals surface area contributed by atoms with Crippen molar-refractivity contribution in [3.8, 4) is 0 Å². The molecule has 1 aliphatic carbocycles. The van der Waals surface area contributed by atoms with Crippen LogP contribution in [0.15, 0.2) is 25.5 Å². The summed E-state index contributed by atoms with van der Waals surface area (Å²) in [4.78, 5) is 53.3. The summed E-state index contributed by atoms with van der Waals surface area (Å²) in [5, 5.41) is 26.6. The largest absolute Gasteiger partial charge is 0.273 e. The van der Waals surface area contributed by atoms with Crippen molar-refractivity contribution in [1.82, 2.24) is 25.0 Å². The van der Waals surface area contributed by atoms with Crippen LogP contribution in [0.25, 0.3) is 0 Å². The maximum absolute atomic E-state index is 10.9. The van der Waals surface area contributed by atoms with Gasteiger partial charge in [0.15, 0.2) is 0 Å². The average molecular weight is 587 g/mol. The number of carbonyl (C=O) groups is 5. The summed E-state index contributed by atoms with van der Waals surface area (Å²) in [5.41, 5.74) is 2.92. The van der Waals surface area contributed by atoms with E-state index in [0.717, 1.165) is 17.1 Å². The van der Waals surface area contributed by atoms with Gasteiger partial charge >= 0.3 is 0 Å². The van der Waals surface area contributed by atoms with Crippen LogP contribution in [0, 0.1) is 5.92 Å². The minimum Gasteiger partial charge on any atom is -0.273 e. The van der Waals surface area contributed by atoms with Crippen LogP contribution in [0.5, 0.6) is 0 Å². The van der Waals surface area contributed by atoms with Crippen molar-refractivity contribution >= 4 is 59.1 Å². The van der Waals surface area contributed by atoms with Crippen LogP contribution >= 0.6 is 0 Å². The summed E-state index contributed by atoms with van der Waals surface area (Å²) in [6, 6.07) is 0. The number of nitrogens with zero attached hydrogens (tertiary/aromatic N) is 10. The molecule has 1 saturated carbocycles. The van der Waals surface area contributed by atoms with Gasteiger partial charge in [-0.3, -0.25) is 24.0 Å². The Bertz CT molecular complexity index is 1190. The van der Waals surface area contributed by atoms with Gasteiger partial charge in [-0.2, -0.15) is 25.5 Å². The van der Waals surface area contributed by atoms with Crippen LogP contribution in [-0.4, -0.2) is 118 Å². The highest BCUT2D eigenvalue weighted by Crippen LogP contribution is 2.33. The predicted molar refractivity (Wildman–Crippen MR) is 160 cm³/mol. The fraction of sp³-hybridized carbons (Fsp3) is 0.630. The van der Waals surface area contributed by atoms with Crippen LogP contribution in [0.2, 0.25) is 0 Å². The molecule has 0 spiro atoms. The van der Waals surface area contributed by atoms with Gasteiger partial charge in [0, 0.05) is 58.1 Å². The second-order valence-electron chi connectivity index (χ2n) is 10.0. The van der Waals surface area contributed by atoms with E-state index in [0.29, 0.717) is 51.1 Å². The van der Waals surface area contributed by atoms with E-state index in [9.17, 15) is 24.0 Å². The molecule has 1 fully saturated rings. The van der Waals surface area contributed by atoms with Gasteiger partial charge in [0.1, 0.15) is 0 Å². The monoisotopic (exact) mass is 586 g/mol. The third kappa shape index (κ3) is 10.9. The second-order valence-corrected chi connectivity index (χ2v) is 10.0. The lowest BCUT2D eigenvalue weighted by atomic mass is 10.2. The summed E-state index contributed by atoms with van der Waals surface area (Å²) in [5.74, 6) is 1.17. The zero-order valence-corrected chi connectivity index (χ0v) is 25.6. The van der Waals surface area contributed by atoms with Gasteiger partial charge in [0.25, 0.3) is 0 Å². The minimum absolute atomic E-state index is 0.0694. The molecule has 0 radical (unpaired) electrons. The molecule has 15 heteroatoms. The third-order valence-electron chi connectivity index (χ3n) is 6.35. The van der Waals surface area contributed by atoms with Crippen molar-refractivity contribution in [2.45, 2.75) is 72.6 Å². The van der Waals surface area contributed by atoms with Crippen molar-refractivity contribution in [3.05, 3.63) is 0 Å². The van der Waals surface area contributed by atoms with Crippen LogP contribution < -0.4 is 0 Å². The van der Waals surface area contributed by atoms with E-state index >= 15 is 0 Å². The Balaban J connectivity index is 0.000000184. The van der Waals surface area contributed by atoms with E-state index in [-0.39, 0.29) is 29.5 Å². The molecule has 6 aliphatic rings.